The van der Waals surface area contributed by atoms with Gasteiger partial charge in [-0.1, -0.05) is 50.4 Å². The lowest BCUT2D eigenvalue weighted by molar-refractivity contribution is -0.129. The molecule has 0 radical (unpaired) electrons. The summed E-state index contributed by atoms with van der Waals surface area (Å²) < 4.78 is 0. The van der Waals surface area contributed by atoms with Gasteiger partial charge in [0.15, 0.2) is 0 Å². The first kappa shape index (κ1) is 24.0. The summed E-state index contributed by atoms with van der Waals surface area (Å²) in [6.45, 7) is 10.6. The fraction of sp³-hybridized carbons (Fsp3) is 0.667. The van der Waals surface area contributed by atoms with Crippen LogP contribution in [-0.4, -0.2) is 84.9 Å². The summed E-state index contributed by atoms with van der Waals surface area (Å²) in [5.74, 6) is 0.551. The van der Waals surface area contributed by atoms with Crippen LogP contribution in [0.4, 0.5) is 0 Å². The molecule has 0 spiro atoms. The van der Waals surface area contributed by atoms with Gasteiger partial charge in [0.2, 0.25) is 5.91 Å². The zero-order valence-corrected chi connectivity index (χ0v) is 19.7. The second-order valence-electron chi connectivity index (χ2n) is 8.62. The van der Waals surface area contributed by atoms with E-state index in [9.17, 15) is 9.59 Å². The molecule has 6 nitrogen and oxygen atoms in total. The molecule has 1 atom stereocenters. The SMILES string of the molecule is CCN(CC)CCNC(=O)[C@H](C1CCCC1)N1CCN(C(=O)c2ccccc2Cl)CC1. The van der Waals surface area contributed by atoms with E-state index in [1.165, 1.54) is 12.8 Å². The van der Waals surface area contributed by atoms with Crippen LogP contribution < -0.4 is 5.32 Å². The van der Waals surface area contributed by atoms with Gasteiger partial charge in [-0.3, -0.25) is 14.5 Å². The van der Waals surface area contributed by atoms with Crippen molar-refractivity contribution in [1.82, 2.24) is 20.0 Å². The minimum absolute atomic E-state index is 0.0219. The number of carbonyl (C=O) groups excluding carboxylic acids is 2. The van der Waals surface area contributed by atoms with Crippen LogP contribution in [0.5, 0.6) is 0 Å². The van der Waals surface area contributed by atoms with E-state index < -0.39 is 0 Å². The summed E-state index contributed by atoms with van der Waals surface area (Å²) in [6, 6.07) is 7.12. The molecule has 1 aliphatic heterocycles. The van der Waals surface area contributed by atoms with Crippen LogP contribution >= 0.6 is 11.6 Å². The van der Waals surface area contributed by atoms with Crippen molar-refractivity contribution in [3.63, 3.8) is 0 Å². The predicted octanol–water partition coefficient (Wildman–Crippen LogP) is 3.11. The average Bonchev–Trinajstić information content (AvgIpc) is 3.31. The summed E-state index contributed by atoms with van der Waals surface area (Å²) in [5, 5.41) is 3.70. The van der Waals surface area contributed by atoms with Gasteiger partial charge >= 0.3 is 0 Å². The molecule has 1 aromatic rings. The molecule has 3 rings (SSSR count). The van der Waals surface area contributed by atoms with Crippen molar-refractivity contribution in [1.29, 1.82) is 0 Å². The minimum Gasteiger partial charge on any atom is -0.353 e. The maximum atomic E-state index is 13.2. The highest BCUT2D eigenvalue weighted by atomic mass is 35.5. The highest BCUT2D eigenvalue weighted by Crippen LogP contribution is 2.31. The number of amides is 2. The normalized spacial score (nSPS) is 19.0. The van der Waals surface area contributed by atoms with Gasteiger partial charge in [0.25, 0.3) is 5.91 Å². The van der Waals surface area contributed by atoms with E-state index in [1.54, 1.807) is 12.1 Å². The molecule has 2 fully saturated rings. The van der Waals surface area contributed by atoms with Crippen LogP contribution in [0.15, 0.2) is 24.3 Å². The lowest BCUT2D eigenvalue weighted by Gasteiger charge is -2.41. The second kappa shape index (κ2) is 11.8. The summed E-state index contributed by atoms with van der Waals surface area (Å²) in [6.07, 6.45) is 4.65. The van der Waals surface area contributed by atoms with Crippen molar-refractivity contribution < 1.29 is 9.59 Å². The van der Waals surface area contributed by atoms with Gasteiger partial charge in [-0.15, -0.1) is 0 Å². The van der Waals surface area contributed by atoms with E-state index in [0.29, 0.717) is 36.1 Å². The summed E-state index contributed by atoms with van der Waals surface area (Å²) in [7, 11) is 0. The molecule has 1 aliphatic carbocycles. The number of likely N-dealkylation sites (N-methyl/N-ethyl adjacent to an activating group) is 1. The molecular formula is C24H37ClN4O2. The zero-order valence-electron chi connectivity index (χ0n) is 19.0. The maximum Gasteiger partial charge on any atom is 0.255 e. The van der Waals surface area contributed by atoms with Crippen LogP contribution in [-0.2, 0) is 4.79 Å². The van der Waals surface area contributed by atoms with Crippen LogP contribution in [0.3, 0.4) is 0 Å². The fourth-order valence-corrected chi connectivity index (χ4v) is 5.16. The van der Waals surface area contributed by atoms with Crippen molar-refractivity contribution >= 4 is 23.4 Å². The number of hydrogen-bond donors (Lipinski definition) is 1. The van der Waals surface area contributed by atoms with E-state index in [2.05, 4.69) is 29.0 Å². The number of nitrogens with zero attached hydrogens (tertiary/aromatic N) is 3. The fourth-order valence-electron chi connectivity index (χ4n) is 4.94. The van der Waals surface area contributed by atoms with E-state index in [-0.39, 0.29) is 17.9 Å². The third kappa shape index (κ3) is 6.21. The quantitative estimate of drug-likeness (QED) is 0.630. The minimum atomic E-state index is -0.0863. The molecule has 1 saturated carbocycles. The zero-order chi connectivity index (χ0) is 22.2. The van der Waals surface area contributed by atoms with Crippen molar-refractivity contribution in [3.05, 3.63) is 34.9 Å². The first-order valence-electron chi connectivity index (χ1n) is 11.8. The lowest BCUT2D eigenvalue weighted by atomic mass is 9.95. The molecule has 0 bridgehead atoms. The van der Waals surface area contributed by atoms with Gasteiger partial charge in [0.05, 0.1) is 16.6 Å². The monoisotopic (exact) mass is 448 g/mol. The van der Waals surface area contributed by atoms with Gasteiger partial charge in [0, 0.05) is 39.3 Å². The first-order chi connectivity index (χ1) is 15.0. The van der Waals surface area contributed by atoms with Gasteiger partial charge in [-0.2, -0.15) is 0 Å². The molecule has 7 heteroatoms. The van der Waals surface area contributed by atoms with Crippen molar-refractivity contribution in [2.75, 3.05) is 52.4 Å². The molecule has 31 heavy (non-hydrogen) atoms. The van der Waals surface area contributed by atoms with E-state index in [4.69, 9.17) is 11.6 Å². The summed E-state index contributed by atoms with van der Waals surface area (Å²) in [5.41, 5.74) is 0.555. The Hall–Kier alpha value is -1.63. The van der Waals surface area contributed by atoms with Gasteiger partial charge < -0.3 is 15.1 Å². The van der Waals surface area contributed by atoms with Gasteiger partial charge in [0.1, 0.15) is 0 Å². The summed E-state index contributed by atoms with van der Waals surface area (Å²) in [4.78, 5) is 32.6. The van der Waals surface area contributed by atoms with Crippen molar-refractivity contribution in [3.8, 4) is 0 Å². The average molecular weight is 449 g/mol. The number of hydrogen-bond acceptors (Lipinski definition) is 4. The molecule has 2 aliphatic rings. The third-order valence-electron chi connectivity index (χ3n) is 6.84. The molecule has 2 amide bonds. The van der Waals surface area contributed by atoms with Crippen LogP contribution in [0, 0.1) is 5.92 Å². The molecular weight excluding hydrogens is 412 g/mol. The highest BCUT2D eigenvalue weighted by Gasteiger charge is 2.37. The molecule has 0 aromatic heterocycles. The summed E-state index contributed by atoms with van der Waals surface area (Å²) >= 11 is 6.22. The Morgan fingerprint density at radius 1 is 1.10 bits per heavy atom. The Balaban J connectivity index is 1.59. The second-order valence-corrected chi connectivity index (χ2v) is 9.02. The topological polar surface area (TPSA) is 55.9 Å². The molecule has 1 N–H and O–H groups in total. The highest BCUT2D eigenvalue weighted by molar-refractivity contribution is 6.33. The number of rotatable bonds is 9. The Bertz CT molecular complexity index is 726. The molecule has 1 heterocycles. The van der Waals surface area contributed by atoms with Crippen LogP contribution in [0.1, 0.15) is 49.9 Å². The predicted molar refractivity (Wildman–Crippen MR) is 125 cm³/mol. The van der Waals surface area contributed by atoms with E-state index >= 15 is 0 Å². The number of nitrogens with one attached hydrogen (secondary N) is 1. The number of piperazine rings is 1. The molecule has 172 valence electrons. The number of carbonyl (C=O) groups is 2. The lowest BCUT2D eigenvalue weighted by Crippen LogP contribution is -2.58. The van der Waals surface area contributed by atoms with Gasteiger partial charge in [-0.05, 0) is 44.0 Å². The van der Waals surface area contributed by atoms with E-state index in [0.717, 1.165) is 45.6 Å². The van der Waals surface area contributed by atoms with Crippen LogP contribution in [0.2, 0.25) is 5.02 Å². The van der Waals surface area contributed by atoms with Gasteiger partial charge in [-0.25, -0.2) is 0 Å². The van der Waals surface area contributed by atoms with Crippen molar-refractivity contribution in [2.45, 2.75) is 45.6 Å². The Morgan fingerprint density at radius 3 is 2.35 bits per heavy atom. The maximum absolute atomic E-state index is 13.2. The standard InChI is InChI=1S/C24H37ClN4O2/c1-3-27(4-2)14-13-26-23(30)22(19-9-5-6-10-19)28-15-17-29(18-16-28)24(31)20-11-7-8-12-21(20)25/h7-8,11-12,19,22H,3-6,9-10,13-18H2,1-2H3,(H,26,30)/t22-/m0/s1. The Morgan fingerprint density at radius 2 is 1.74 bits per heavy atom. The smallest absolute Gasteiger partial charge is 0.255 e. The van der Waals surface area contributed by atoms with Crippen molar-refractivity contribution in [2.24, 2.45) is 5.92 Å². The largest absolute Gasteiger partial charge is 0.353 e. The molecule has 1 saturated heterocycles. The first-order valence-corrected chi connectivity index (χ1v) is 12.2. The van der Waals surface area contributed by atoms with E-state index in [1.807, 2.05) is 17.0 Å². The Labute approximate surface area is 191 Å². The third-order valence-corrected chi connectivity index (χ3v) is 7.17. The molecule has 0 unspecified atom stereocenters. The number of halogens is 1. The number of benzene rings is 1. The van der Waals surface area contributed by atoms with Crippen LogP contribution in [0.25, 0.3) is 0 Å². The Kier molecular flexibility index (Phi) is 9.17. The molecule has 1 aromatic carbocycles.